The molecule has 1 amide bonds. The zero-order valence-electron chi connectivity index (χ0n) is 12.1. The zero-order valence-corrected chi connectivity index (χ0v) is 12.8. The van der Waals surface area contributed by atoms with E-state index in [0.717, 1.165) is 12.2 Å². The van der Waals surface area contributed by atoms with Gasteiger partial charge in [-0.3, -0.25) is 4.79 Å². The summed E-state index contributed by atoms with van der Waals surface area (Å²) in [6.45, 7) is 0.863. The maximum atomic E-state index is 12.1. The van der Waals surface area contributed by atoms with E-state index in [2.05, 4.69) is 10.2 Å². The van der Waals surface area contributed by atoms with E-state index < -0.39 is 0 Å². The molecule has 0 fully saturated rings. The molecule has 0 aromatic heterocycles. The highest BCUT2D eigenvalue weighted by molar-refractivity contribution is 6.33. The molecule has 0 saturated carbocycles. The van der Waals surface area contributed by atoms with Gasteiger partial charge in [0.2, 0.25) is 0 Å². The summed E-state index contributed by atoms with van der Waals surface area (Å²) in [5.74, 6) is -0.211. The Hall–Kier alpha value is -2.04. The van der Waals surface area contributed by atoms with Crippen LogP contribution in [-0.4, -0.2) is 24.9 Å². The van der Waals surface area contributed by atoms with Crippen LogP contribution in [-0.2, 0) is 6.54 Å². The smallest absolute Gasteiger partial charge is 0.255 e. The lowest BCUT2D eigenvalue weighted by molar-refractivity contribution is 0.102. The second-order valence-corrected chi connectivity index (χ2v) is 5.53. The molecule has 110 valence electrons. The Balaban J connectivity index is 2.06. The van der Waals surface area contributed by atoms with Crippen molar-refractivity contribution < 1.29 is 4.79 Å². The number of amides is 1. The maximum absolute atomic E-state index is 12.1. The predicted octanol–water partition coefficient (Wildman–Crippen LogP) is 3.24. The van der Waals surface area contributed by atoms with Gasteiger partial charge in [-0.1, -0.05) is 23.7 Å². The molecule has 0 heterocycles. The molecule has 5 heteroatoms. The number of nitrogens with zero attached hydrogens (tertiary/aromatic N) is 1. The van der Waals surface area contributed by atoms with Crippen molar-refractivity contribution in [3.8, 4) is 0 Å². The Morgan fingerprint density at radius 1 is 1.19 bits per heavy atom. The normalized spacial score (nSPS) is 10.7. The van der Waals surface area contributed by atoms with E-state index in [-0.39, 0.29) is 5.91 Å². The standard InChI is InChI=1S/C16H18ClN3O/c1-20(2)10-11-3-6-13(7-4-11)19-16(21)12-5-8-15(18)14(17)9-12/h3-9H,10,18H2,1-2H3,(H,19,21). The Morgan fingerprint density at radius 2 is 1.86 bits per heavy atom. The lowest BCUT2D eigenvalue weighted by Gasteiger charge is -2.11. The number of benzene rings is 2. The van der Waals surface area contributed by atoms with Crippen LogP contribution in [0.25, 0.3) is 0 Å². The minimum absolute atomic E-state index is 0.211. The Labute approximate surface area is 129 Å². The molecule has 0 aliphatic heterocycles. The molecule has 0 radical (unpaired) electrons. The first-order valence-corrected chi connectivity index (χ1v) is 6.93. The summed E-state index contributed by atoms with van der Waals surface area (Å²) in [6.07, 6.45) is 0. The van der Waals surface area contributed by atoms with Crippen LogP contribution in [0.3, 0.4) is 0 Å². The van der Waals surface area contributed by atoms with E-state index in [9.17, 15) is 4.79 Å². The molecular formula is C16H18ClN3O. The molecule has 0 saturated heterocycles. The van der Waals surface area contributed by atoms with Crippen LogP contribution < -0.4 is 11.1 Å². The quantitative estimate of drug-likeness (QED) is 0.853. The van der Waals surface area contributed by atoms with Crippen LogP contribution in [0, 0.1) is 0 Å². The first kappa shape index (κ1) is 15.4. The van der Waals surface area contributed by atoms with E-state index in [0.29, 0.717) is 16.3 Å². The molecule has 2 aromatic rings. The average Bonchev–Trinajstić information content (AvgIpc) is 2.43. The highest BCUT2D eigenvalue weighted by atomic mass is 35.5. The number of carbonyl (C=O) groups excluding carboxylic acids is 1. The second kappa shape index (κ2) is 6.61. The van der Waals surface area contributed by atoms with E-state index in [4.69, 9.17) is 17.3 Å². The minimum atomic E-state index is -0.211. The van der Waals surface area contributed by atoms with Crippen LogP contribution in [0.2, 0.25) is 5.02 Å². The monoisotopic (exact) mass is 303 g/mol. The van der Waals surface area contributed by atoms with Gasteiger partial charge in [0, 0.05) is 17.8 Å². The topological polar surface area (TPSA) is 58.4 Å². The first-order chi connectivity index (χ1) is 9.95. The minimum Gasteiger partial charge on any atom is -0.398 e. The Bertz CT molecular complexity index is 638. The zero-order chi connectivity index (χ0) is 15.4. The molecule has 0 unspecified atom stereocenters. The second-order valence-electron chi connectivity index (χ2n) is 5.13. The Morgan fingerprint density at radius 3 is 2.43 bits per heavy atom. The summed E-state index contributed by atoms with van der Waals surface area (Å²) in [7, 11) is 4.03. The van der Waals surface area contributed by atoms with Crippen LogP contribution >= 0.6 is 11.6 Å². The molecule has 0 spiro atoms. The van der Waals surface area contributed by atoms with Crippen molar-refractivity contribution in [1.29, 1.82) is 0 Å². The van der Waals surface area contributed by atoms with Gasteiger partial charge in [-0.25, -0.2) is 0 Å². The maximum Gasteiger partial charge on any atom is 0.255 e. The van der Waals surface area contributed by atoms with E-state index in [1.807, 2.05) is 38.4 Å². The number of hydrogen-bond acceptors (Lipinski definition) is 3. The molecule has 4 nitrogen and oxygen atoms in total. The molecule has 0 bridgehead atoms. The molecule has 3 N–H and O–H groups in total. The van der Waals surface area contributed by atoms with Crippen molar-refractivity contribution in [2.75, 3.05) is 25.1 Å². The summed E-state index contributed by atoms with van der Waals surface area (Å²) < 4.78 is 0. The van der Waals surface area contributed by atoms with Gasteiger partial charge in [0.25, 0.3) is 5.91 Å². The third kappa shape index (κ3) is 4.21. The van der Waals surface area contributed by atoms with Crippen molar-refractivity contribution in [2.24, 2.45) is 0 Å². The van der Waals surface area contributed by atoms with Crippen molar-refractivity contribution in [2.45, 2.75) is 6.54 Å². The van der Waals surface area contributed by atoms with Gasteiger partial charge in [-0.15, -0.1) is 0 Å². The fourth-order valence-electron chi connectivity index (χ4n) is 1.93. The van der Waals surface area contributed by atoms with Gasteiger partial charge in [-0.05, 0) is 50.0 Å². The van der Waals surface area contributed by atoms with Crippen molar-refractivity contribution in [3.05, 3.63) is 58.6 Å². The molecule has 0 aliphatic carbocycles. The number of rotatable bonds is 4. The first-order valence-electron chi connectivity index (χ1n) is 6.56. The number of nitrogen functional groups attached to an aromatic ring is 1. The van der Waals surface area contributed by atoms with E-state index >= 15 is 0 Å². The van der Waals surface area contributed by atoms with Crippen LogP contribution in [0.1, 0.15) is 15.9 Å². The number of hydrogen-bond donors (Lipinski definition) is 2. The number of halogens is 1. The number of nitrogens with two attached hydrogens (primary N) is 1. The van der Waals surface area contributed by atoms with Gasteiger partial charge >= 0.3 is 0 Å². The van der Waals surface area contributed by atoms with Crippen LogP contribution in [0.15, 0.2) is 42.5 Å². The molecule has 0 aliphatic rings. The third-order valence-corrected chi connectivity index (χ3v) is 3.30. The summed E-state index contributed by atoms with van der Waals surface area (Å²) >= 11 is 5.92. The molecule has 21 heavy (non-hydrogen) atoms. The summed E-state index contributed by atoms with van der Waals surface area (Å²) in [5, 5.41) is 3.21. The molecule has 2 aromatic carbocycles. The highest BCUT2D eigenvalue weighted by Gasteiger charge is 2.08. The number of nitrogens with one attached hydrogen (secondary N) is 1. The van der Waals surface area contributed by atoms with Gasteiger partial charge in [0.1, 0.15) is 0 Å². The molecular weight excluding hydrogens is 286 g/mol. The molecule has 2 rings (SSSR count). The summed E-state index contributed by atoms with van der Waals surface area (Å²) in [5.41, 5.74) is 8.50. The van der Waals surface area contributed by atoms with E-state index in [1.54, 1.807) is 18.2 Å². The number of carbonyl (C=O) groups is 1. The fourth-order valence-corrected chi connectivity index (χ4v) is 2.11. The van der Waals surface area contributed by atoms with Gasteiger partial charge in [0.05, 0.1) is 10.7 Å². The largest absolute Gasteiger partial charge is 0.398 e. The van der Waals surface area contributed by atoms with E-state index in [1.165, 1.54) is 5.56 Å². The lowest BCUT2D eigenvalue weighted by atomic mass is 10.1. The van der Waals surface area contributed by atoms with Crippen LogP contribution in [0.4, 0.5) is 11.4 Å². The molecule has 0 atom stereocenters. The third-order valence-electron chi connectivity index (χ3n) is 2.97. The van der Waals surface area contributed by atoms with Gasteiger partial charge < -0.3 is 16.0 Å². The SMILES string of the molecule is CN(C)Cc1ccc(NC(=O)c2ccc(N)c(Cl)c2)cc1. The Kier molecular flexibility index (Phi) is 4.83. The predicted molar refractivity (Wildman–Crippen MR) is 87.7 cm³/mol. The van der Waals surface area contributed by atoms with Crippen molar-refractivity contribution >= 4 is 28.9 Å². The highest BCUT2D eigenvalue weighted by Crippen LogP contribution is 2.20. The van der Waals surface area contributed by atoms with Crippen molar-refractivity contribution in [1.82, 2.24) is 4.90 Å². The lowest BCUT2D eigenvalue weighted by Crippen LogP contribution is -2.13. The number of anilines is 2. The average molecular weight is 304 g/mol. The van der Waals surface area contributed by atoms with Gasteiger partial charge in [-0.2, -0.15) is 0 Å². The fraction of sp³-hybridized carbons (Fsp3) is 0.188. The van der Waals surface area contributed by atoms with Crippen molar-refractivity contribution in [3.63, 3.8) is 0 Å². The van der Waals surface area contributed by atoms with Crippen LogP contribution in [0.5, 0.6) is 0 Å². The van der Waals surface area contributed by atoms with Gasteiger partial charge in [0.15, 0.2) is 0 Å². The summed E-state index contributed by atoms with van der Waals surface area (Å²) in [6, 6.07) is 12.6. The summed E-state index contributed by atoms with van der Waals surface area (Å²) in [4.78, 5) is 14.2.